The molecule has 1 aromatic carbocycles. The number of rotatable bonds is 7. The van der Waals surface area contributed by atoms with Gasteiger partial charge >= 0.3 is 5.97 Å². The molecule has 1 N–H and O–H groups in total. The molecule has 0 spiro atoms. The molecule has 0 radical (unpaired) electrons. The smallest absolute Gasteiger partial charge is 0.341 e. The van der Waals surface area contributed by atoms with Crippen LogP contribution in [0.2, 0.25) is 0 Å². The van der Waals surface area contributed by atoms with Gasteiger partial charge in [0.15, 0.2) is 5.16 Å². The van der Waals surface area contributed by atoms with E-state index in [1.54, 1.807) is 0 Å². The van der Waals surface area contributed by atoms with Crippen molar-refractivity contribution in [1.29, 1.82) is 0 Å². The lowest BCUT2D eigenvalue weighted by Crippen LogP contribution is -2.16. The van der Waals surface area contributed by atoms with Crippen LogP contribution in [0.1, 0.15) is 28.0 Å². The number of carbonyl (C=O) groups excluding carboxylic acids is 2. The number of hydrogen-bond acceptors (Lipinski definition) is 7. The lowest BCUT2D eigenvalue weighted by atomic mass is 10.0. The summed E-state index contributed by atoms with van der Waals surface area (Å²) < 4.78 is 6.93. The van der Waals surface area contributed by atoms with E-state index in [2.05, 4.69) is 15.5 Å². The van der Waals surface area contributed by atoms with E-state index in [4.69, 9.17) is 4.74 Å². The lowest BCUT2D eigenvalue weighted by molar-refractivity contribution is -0.113. The number of aromatic nitrogens is 3. The first kappa shape index (κ1) is 21.1. The van der Waals surface area contributed by atoms with E-state index in [9.17, 15) is 9.59 Å². The maximum atomic E-state index is 12.6. The van der Waals surface area contributed by atoms with Gasteiger partial charge in [-0.2, -0.15) is 0 Å². The van der Waals surface area contributed by atoms with Gasteiger partial charge in [-0.25, -0.2) is 4.79 Å². The van der Waals surface area contributed by atoms with Gasteiger partial charge in [-0.05, 0) is 26.3 Å². The minimum absolute atomic E-state index is 0.163. The van der Waals surface area contributed by atoms with Crippen molar-refractivity contribution in [3.05, 3.63) is 46.6 Å². The standard InChI is InChI=1S/C20H22N4O3S2/c1-5-24-13(3)22-23-20(24)28-11-15(25)21-18-17(19(26)27-4)16(12(2)29-18)14-9-7-6-8-10-14/h6-10H,5,11H2,1-4H3,(H,21,25). The van der Waals surface area contributed by atoms with E-state index >= 15 is 0 Å². The Balaban J connectivity index is 1.83. The third kappa shape index (κ3) is 4.51. The summed E-state index contributed by atoms with van der Waals surface area (Å²) in [7, 11) is 1.34. The van der Waals surface area contributed by atoms with Crippen molar-refractivity contribution in [3.63, 3.8) is 0 Å². The number of hydrogen-bond donors (Lipinski definition) is 1. The molecule has 3 rings (SSSR count). The summed E-state index contributed by atoms with van der Waals surface area (Å²) in [6.45, 7) is 6.54. The molecule has 0 aliphatic heterocycles. The van der Waals surface area contributed by atoms with Gasteiger partial charge in [0.25, 0.3) is 0 Å². The number of nitrogens with zero attached hydrogens (tertiary/aromatic N) is 3. The summed E-state index contributed by atoms with van der Waals surface area (Å²) in [5.74, 6) is 0.280. The molecule has 0 unspecified atom stereocenters. The van der Waals surface area contributed by atoms with Crippen LogP contribution in [0.15, 0.2) is 35.5 Å². The number of benzene rings is 1. The van der Waals surface area contributed by atoms with Crippen LogP contribution in [-0.2, 0) is 16.1 Å². The first-order valence-corrected chi connectivity index (χ1v) is 10.9. The molecule has 0 saturated carbocycles. The Morgan fingerprint density at radius 3 is 2.59 bits per heavy atom. The molecule has 152 valence electrons. The Hall–Kier alpha value is -2.65. The van der Waals surface area contributed by atoms with Crippen molar-refractivity contribution in [2.24, 2.45) is 0 Å². The van der Waals surface area contributed by atoms with Gasteiger partial charge in [0.1, 0.15) is 16.4 Å². The van der Waals surface area contributed by atoms with Gasteiger partial charge in [0.05, 0.1) is 12.9 Å². The molecule has 0 aliphatic rings. The predicted molar refractivity (Wildman–Crippen MR) is 116 cm³/mol. The zero-order valence-electron chi connectivity index (χ0n) is 16.7. The van der Waals surface area contributed by atoms with Crippen LogP contribution in [0.3, 0.4) is 0 Å². The minimum Gasteiger partial charge on any atom is -0.465 e. The van der Waals surface area contributed by atoms with E-state index < -0.39 is 5.97 Å². The summed E-state index contributed by atoms with van der Waals surface area (Å²) in [5, 5.41) is 12.2. The number of carbonyl (C=O) groups is 2. The molecule has 0 saturated heterocycles. The fourth-order valence-corrected chi connectivity index (χ4v) is 4.94. The molecule has 2 aromatic heterocycles. The highest BCUT2D eigenvalue weighted by Crippen LogP contribution is 2.40. The Morgan fingerprint density at radius 1 is 1.21 bits per heavy atom. The van der Waals surface area contributed by atoms with Gasteiger partial charge < -0.3 is 14.6 Å². The average molecular weight is 431 g/mol. The molecular weight excluding hydrogens is 408 g/mol. The number of methoxy groups -OCH3 is 1. The van der Waals surface area contributed by atoms with Gasteiger partial charge in [-0.1, -0.05) is 42.1 Å². The summed E-state index contributed by atoms with van der Waals surface area (Å²) in [5.41, 5.74) is 2.07. The van der Waals surface area contributed by atoms with E-state index in [1.165, 1.54) is 30.2 Å². The monoisotopic (exact) mass is 430 g/mol. The van der Waals surface area contributed by atoms with Crippen LogP contribution in [0.5, 0.6) is 0 Å². The third-order valence-corrected chi connectivity index (χ3v) is 6.33. The molecule has 29 heavy (non-hydrogen) atoms. The number of thioether (sulfide) groups is 1. The summed E-state index contributed by atoms with van der Waals surface area (Å²) in [6.07, 6.45) is 0. The Labute approximate surface area is 177 Å². The highest BCUT2D eigenvalue weighted by molar-refractivity contribution is 7.99. The van der Waals surface area contributed by atoms with Crippen molar-refractivity contribution >= 4 is 40.0 Å². The van der Waals surface area contributed by atoms with E-state index in [-0.39, 0.29) is 11.7 Å². The molecule has 0 atom stereocenters. The molecule has 3 aromatic rings. The van der Waals surface area contributed by atoms with Crippen LogP contribution in [0.25, 0.3) is 11.1 Å². The number of aryl methyl sites for hydroxylation is 2. The van der Waals surface area contributed by atoms with Gasteiger partial charge in [0.2, 0.25) is 5.91 Å². The second-order valence-corrected chi connectivity index (χ2v) is 8.37. The summed E-state index contributed by atoms with van der Waals surface area (Å²) >= 11 is 2.68. The first-order valence-electron chi connectivity index (χ1n) is 9.05. The number of amides is 1. The van der Waals surface area contributed by atoms with Crippen molar-refractivity contribution in [2.45, 2.75) is 32.5 Å². The SMILES string of the molecule is CCn1c(C)nnc1SCC(=O)Nc1sc(C)c(-c2ccccc2)c1C(=O)OC. The van der Waals surface area contributed by atoms with Crippen LogP contribution < -0.4 is 5.32 Å². The third-order valence-electron chi connectivity index (χ3n) is 4.34. The van der Waals surface area contributed by atoms with Crippen molar-refractivity contribution in [2.75, 3.05) is 18.2 Å². The topological polar surface area (TPSA) is 86.1 Å². The molecule has 0 bridgehead atoms. The second kappa shape index (κ2) is 9.23. The van der Waals surface area contributed by atoms with Crippen LogP contribution in [0.4, 0.5) is 5.00 Å². The fraction of sp³-hybridized carbons (Fsp3) is 0.300. The van der Waals surface area contributed by atoms with Crippen molar-refractivity contribution in [1.82, 2.24) is 14.8 Å². The first-order chi connectivity index (χ1) is 14.0. The molecule has 0 fully saturated rings. The predicted octanol–water partition coefficient (Wildman–Crippen LogP) is 4.16. The number of thiophene rings is 1. The van der Waals surface area contributed by atoms with Crippen LogP contribution in [0, 0.1) is 13.8 Å². The Kier molecular flexibility index (Phi) is 6.71. The number of esters is 1. The Morgan fingerprint density at radius 2 is 1.93 bits per heavy atom. The van der Waals surface area contributed by atoms with Gasteiger partial charge in [-0.15, -0.1) is 21.5 Å². The van der Waals surface area contributed by atoms with Gasteiger partial charge in [-0.3, -0.25) is 4.79 Å². The van der Waals surface area contributed by atoms with Crippen molar-refractivity contribution in [3.8, 4) is 11.1 Å². The zero-order chi connectivity index (χ0) is 21.0. The van der Waals surface area contributed by atoms with Crippen molar-refractivity contribution < 1.29 is 14.3 Å². The average Bonchev–Trinajstić information content (AvgIpc) is 3.25. The lowest BCUT2D eigenvalue weighted by Gasteiger charge is -2.08. The maximum absolute atomic E-state index is 12.6. The highest BCUT2D eigenvalue weighted by atomic mass is 32.2. The van der Waals surface area contributed by atoms with E-state index in [1.807, 2.05) is 55.7 Å². The number of anilines is 1. The normalized spacial score (nSPS) is 10.8. The van der Waals surface area contributed by atoms with Crippen LogP contribution >= 0.6 is 23.1 Å². The molecule has 9 heteroatoms. The Bertz CT molecular complexity index is 1030. The molecule has 0 aliphatic carbocycles. The van der Waals surface area contributed by atoms with E-state index in [0.29, 0.717) is 15.7 Å². The molecule has 2 heterocycles. The summed E-state index contributed by atoms with van der Waals surface area (Å²) in [6, 6.07) is 9.61. The largest absolute Gasteiger partial charge is 0.465 e. The molecular formula is C20H22N4O3S2. The summed E-state index contributed by atoms with van der Waals surface area (Å²) in [4.78, 5) is 26.0. The fourth-order valence-electron chi connectivity index (χ4n) is 3.01. The molecule has 7 nitrogen and oxygen atoms in total. The quantitative estimate of drug-likeness (QED) is 0.447. The van der Waals surface area contributed by atoms with Crippen LogP contribution in [-0.4, -0.2) is 39.5 Å². The minimum atomic E-state index is -0.475. The zero-order valence-corrected chi connectivity index (χ0v) is 18.3. The highest BCUT2D eigenvalue weighted by Gasteiger charge is 2.25. The van der Waals surface area contributed by atoms with E-state index in [0.717, 1.165) is 28.4 Å². The number of ether oxygens (including phenoxy) is 1. The number of nitrogens with one attached hydrogen (secondary N) is 1. The second-order valence-electron chi connectivity index (χ2n) is 6.21. The van der Waals surface area contributed by atoms with Gasteiger partial charge in [0, 0.05) is 17.0 Å². The maximum Gasteiger partial charge on any atom is 0.341 e. The molecule has 1 amide bonds.